The zero-order chi connectivity index (χ0) is 6.97. The molecular formula is C6H5N3O. The van der Waals surface area contributed by atoms with E-state index in [1.165, 1.54) is 0 Å². The zero-order valence-electron chi connectivity index (χ0n) is 5.09. The van der Waals surface area contributed by atoms with Gasteiger partial charge in [0.15, 0.2) is 5.58 Å². The van der Waals surface area contributed by atoms with Crippen LogP contribution in [0.25, 0.3) is 11.1 Å². The second-order valence-corrected chi connectivity index (χ2v) is 1.95. The first kappa shape index (κ1) is 5.22. The second-order valence-electron chi connectivity index (χ2n) is 1.95. The van der Waals surface area contributed by atoms with Crippen molar-refractivity contribution in [2.45, 2.75) is 0 Å². The Hall–Kier alpha value is -1.58. The van der Waals surface area contributed by atoms with Gasteiger partial charge in [-0.3, -0.25) is 0 Å². The third-order valence-electron chi connectivity index (χ3n) is 1.33. The van der Waals surface area contributed by atoms with Gasteiger partial charge in [0, 0.05) is 12.3 Å². The first-order valence-corrected chi connectivity index (χ1v) is 2.84. The Balaban J connectivity index is 2.78. The highest BCUT2D eigenvalue weighted by molar-refractivity contribution is 5.76. The predicted molar refractivity (Wildman–Crippen MR) is 35.4 cm³/mol. The molecule has 0 aliphatic rings. The largest absolute Gasteiger partial charge is 0.435 e. The van der Waals surface area contributed by atoms with Crippen LogP contribution in [0.2, 0.25) is 0 Å². The molecule has 0 atom stereocenters. The number of aromatic amines is 1. The van der Waals surface area contributed by atoms with E-state index in [1.807, 2.05) is 0 Å². The van der Waals surface area contributed by atoms with Gasteiger partial charge in [-0.1, -0.05) is 0 Å². The summed E-state index contributed by atoms with van der Waals surface area (Å²) in [7, 11) is 0. The van der Waals surface area contributed by atoms with Crippen LogP contribution in [-0.4, -0.2) is 4.98 Å². The summed E-state index contributed by atoms with van der Waals surface area (Å²) < 4.78 is 5.07. The SMILES string of the molecule is N=Nc1cc2[nH]ccc2o1. The maximum absolute atomic E-state index is 6.63. The van der Waals surface area contributed by atoms with Crippen molar-refractivity contribution in [2.24, 2.45) is 5.11 Å². The van der Waals surface area contributed by atoms with Gasteiger partial charge in [-0.25, -0.2) is 5.53 Å². The summed E-state index contributed by atoms with van der Waals surface area (Å²) in [5, 5.41) is 3.14. The number of nitrogens with zero attached hydrogens (tertiary/aromatic N) is 1. The number of aromatic nitrogens is 1. The molecule has 0 amide bonds. The van der Waals surface area contributed by atoms with E-state index in [2.05, 4.69) is 10.1 Å². The lowest BCUT2D eigenvalue weighted by molar-refractivity contribution is 0.615. The van der Waals surface area contributed by atoms with Crippen LogP contribution in [0.1, 0.15) is 0 Å². The quantitative estimate of drug-likeness (QED) is 0.579. The number of nitrogens with one attached hydrogen (secondary N) is 2. The minimum atomic E-state index is 0.335. The lowest BCUT2D eigenvalue weighted by atomic mass is 10.5. The van der Waals surface area contributed by atoms with Crippen LogP contribution in [0.5, 0.6) is 0 Å². The maximum Gasteiger partial charge on any atom is 0.240 e. The van der Waals surface area contributed by atoms with Gasteiger partial charge in [-0.15, -0.1) is 5.11 Å². The zero-order valence-corrected chi connectivity index (χ0v) is 5.09. The number of H-pyrrole nitrogens is 1. The Labute approximate surface area is 56.4 Å². The number of hydrogen-bond donors (Lipinski definition) is 2. The molecule has 4 nitrogen and oxygen atoms in total. The molecule has 2 N–H and O–H groups in total. The average molecular weight is 135 g/mol. The molecule has 0 aliphatic heterocycles. The van der Waals surface area contributed by atoms with Crippen LogP contribution in [-0.2, 0) is 0 Å². The lowest BCUT2D eigenvalue weighted by Gasteiger charge is -1.74. The first-order valence-electron chi connectivity index (χ1n) is 2.84. The summed E-state index contributed by atoms with van der Waals surface area (Å²) in [4.78, 5) is 2.94. The Kier molecular flexibility index (Phi) is 0.887. The molecule has 10 heavy (non-hydrogen) atoms. The molecule has 4 heteroatoms. The monoisotopic (exact) mass is 135 g/mol. The van der Waals surface area contributed by atoms with Crippen LogP contribution in [0.4, 0.5) is 5.88 Å². The number of hydrogen-bond acceptors (Lipinski definition) is 3. The lowest BCUT2D eigenvalue weighted by Crippen LogP contribution is -1.51. The number of rotatable bonds is 1. The van der Waals surface area contributed by atoms with Gasteiger partial charge in [0.25, 0.3) is 0 Å². The average Bonchev–Trinajstić information content (AvgIpc) is 2.42. The van der Waals surface area contributed by atoms with Crippen molar-refractivity contribution in [3.05, 3.63) is 18.3 Å². The molecule has 0 unspecified atom stereocenters. The number of fused-ring (bicyclic) bond motifs is 1. The summed E-state index contributed by atoms with van der Waals surface area (Å²) in [6.07, 6.45) is 1.78. The van der Waals surface area contributed by atoms with Gasteiger partial charge in [-0.2, -0.15) is 0 Å². The van der Waals surface area contributed by atoms with Crippen LogP contribution < -0.4 is 0 Å². The third-order valence-corrected chi connectivity index (χ3v) is 1.33. The van der Waals surface area contributed by atoms with Gasteiger partial charge in [-0.05, 0) is 6.07 Å². The molecule has 0 fully saturated rings. The fourth-order valence-electron chi connectivity index (χ4n) is 0.891. The normalized spacial score (nSPS) is 10.4. The van der Waals surface area contributed by atoms with Crippen molar-refractivity contribution in [2.75, 3.05) is 0 Å². The van der Waals surface area contributed by atoms with Gasteiger partial charge >= 0.3 is 0 Å². The van der Waals surface area contributed by atoms with E-state index in [0.717, 1.165) is 11.1 Å². The standard InChI is InChI=1S/C6H5N3O/c7-9-6-3-4-5(10-6)1-2-8-4/h1-3,7-8H. The van der Waals surface area contributed by atoms with Gasteiger partial charge in [0.2, 0.25) is 5.88 Å². The summed E-state index contributed by atoms with van der Waals surface area (Å²) in [6.45, 7) is 0. The second kappa shape index (κ2) is 1.70. The van der Waals surface area contributed by atoms with Crippen molar-refractivity contribution in [3.63, 3.8) is 0 Å². The molecule has 50 valence electrons. The highest BCUT2D eigenvalue weighted by Crippen LogP contribution is 2.23. The summed E-state index contributed by atoms with van der Waals surface area (Å²) >= 11 is 0. The fraction of sp³-hybridized carbons (Fsp3) is 0. The summed E-state index contributed by atoms with van der Waals surface area (Å²) in [6, 6.07) is 3.48. The van der Waals surface area contributed by atoms with E-state index in [9.17, 15) is 0 Å². The Bertz CT molecular complexity index is 331. The van der Waals surface area contributed by atoms with Crippen molar-refractivity contribution in [1.82, 2.24) is 4.98 Å². The maximum atomic E-state index is 6.63. The van der Waals surface area contributed by atoms with Crippen LogP contribution in [0.15, 0.2) is 27.9 Å². The Morgan fingerprint density at radius 1 is 1.60 bits per heavy atom. The predicted octanol–water partition coefficient (Wildman–Crippen LogP) is 2.42. The van der Waals surface area contributed by atoms with E-state index >= 15 is 0 Å². The van der Waals surface area contributed by atoms with Gasteiger partial charge < -0.3 is 9.40 Å². The third kappa shape index (κ3) is 0.556. The minimum absolute atomic E-state index is 0.335. The van der Waals surface area contributed by atoms with Gasteiger partial charge in [0.1, 0.15) is 0 Å². The van der Waals surface area contributed by atoms with Crippen molar-refractivity contribution >= 4 is 17.0 Å². The molecule has 0 aromatic carbocycles. The van der Waals surface area contributed by atoms with Crippen molar-refractivity contribution < 1.29 is 4.42 Å². The van der Waals surface area contributed by atoms with Crippen LogP contribution in [0.3, 0.4) is 0 Å². The molecule has 2 heterocycles. The summed E-state index contributed by atoms with van der Waals surface area (Å²) in [5.41, 5.74) is 8.25. The number of furan rings is 1. The van der Waals surface area contributed by atoms with E-state index in [4.69, 9.17) is 9.95 Å². The highest BCUT2D eigenvalue weighted by atomic mass is 16.3. The Morgan fingerprint density at radius 2 is 2.50 bits per heavy atom. The fourth-order valence-corrected chi connectivity index (χ4v) is 0.891. The smallest absolute Gasteiger partial charge is 0.240 e. The molecule has 0 saturated heterocycles. The van der Waals surface area contributed by atoms with E-state index in [0.29, 0.717) is 5.88 Å². The molecule has 0 spiro atoms. The molecule has 2 aromatic rings. The summed E-state index contributed by atoms with van der Waals surface area (Å²) in [5.74, 6) is 0.335. The Morgan fingerprint density at radius 3 is 3.20 bits per heavy atom. The molecule has 2 aromatic heterocycles. The van der Waals surface area contributed by atoms with Crippen molar-refractivity contribution in [1.29, 1.82) is 5.53 Å². The van der Waals surface area contributed by atoms with E-state index < -0.39 is 0 Å². The minimum Gasteiger partial charge on any atom is -0.435 e. The molecule has 0 aliphatic carbocycles. The van der Waals surface area contributed by atoms with Crippen LogP contribution >= 0.6 is 0 Å². The first-order chi connectivity index (χ1) is 4.90. The molecular weight excluding hydrogens is 130 g/mol. The highest BCUT2D eigenvalue weighted by Gasteiger charge is 2.00. The molecule has 0 saturated carbocycles. The van der Waals surface area contributed by atoms with Crippen LogP contribution in [0, 0.1) is 5.53 Å². The molecule has 0 bridgehead atoms. The van der Waals surface area contributed by atoms with E-state index in [-0.39, 0.29) is 0 Å². The van der Waals surface area contributed by atoms with Crippen molar-refractivity contribution in [3.8, 4) is 0 Å². The van der Waals surface area contributed by atoms with Gasteiger partial charge in [0.05, 0.1) is 5.52 Å². The molecule has 0 radical (unpaired) electrons. The van der Waals surface area contributed by atoms with E-state index in [1.54, 1.807) is 18.3 Å². The molecule has 2 rings (SSSR count). The topological polar surface area (TPSA) is 65.1 Å².